The Morgan fingerprint density at radius 2 is 2.03 bits per heavy atom. The summed E-state index contributed by atoms with van der Waals surface area (Å²) in [5.74, 6) is 3.26. The molecule has 29 heavy (non-hydrogen) atoms. The third kappa shape index (κ3) is 4.42. The standard InChI is InChI=1S/C23H30N6/c1-16(2)22-27-21-12-11-19(15-29(21)28-22)26-23(24-3)25-14-13-18-9-6-8-17-7-4-5-10-20(17)18/h4-10,16,19H,11-15H2,1-3H3,(H2,24,25,26). The van der Waals surface area contributed by atoms with Gasteiger partial charge < -0.3 is 10.6 Å². The lowest BCUT2D eigenvalue weighted by Crippen LogP contribution is -2.47. The van der Waals surface area contributed by atoms with Gasteiger partial charge in [0.2, 0.25) is 0 Å². The van der Waals surface area contributed by atoms with Crippen LogP contribution in [0.4, 0.5) is 0 Å². The highest BCUT2D eigenvalue weighted by molar-refractivity contribution is 5.85. The summed E-state index contributed by atoms with van der Waals surface area (Å²) in [6.45, 7) is 5.95. The van der Waals surface area contributed by atoms with E-state index in [0.29, 0.717) is 12.0 Å². The molecular formula is C23H30N6. The highest BCUT2D eigenvalue weighted by Crippen LogP contribution is 2.19. The largest absolute Gasteiger partial charge is 0.356 e. The molecule has 0 spiro atoms. The number of guanidine groups is 1. The maximum Gasteiger partial charge on any atom is 0.191 e. The zero-order chi connectivity index (χ0) is 20.2. The molecule has 1 atom stereocenters. The first-order chi connectivity index (χ1) is 14.1. The molecule has 1 unspecified atom stereocenters. The Kier molecular flexibility index (Phi) is 5.79. The van der Waals surface area contributed by atoms with Gasteiger partial charge in [0.15, 0.2) is 11.8 Å². The molecule has 2 N–H and O–H groups in total. The lowest BCUT2D eigenvalue weighted by atomic mass is 10.0. The summed E-state index contributed by atoms with van der Waals surface area (Å²) in [7, 11) is 1.83. The van der Waals surface area contributed by atoms with Crippen molar-refractivity contribution in [1.82, 2.24) is 25.4 Å². The highest BCUT2D eigenvalue weighted by atomic mass is 15.4. The molecule has 1 aliphatic heterocycles. The van der Waals surface area contributed by atoms with Crippen LogP contribution in [0.15, 0.2) is 47.5 Å². The predicted molar refractivity (Wildman–Crippen MR) is 118 cm³/mol. The van der Waals surface area contributed by atoms with Gasteiger partial charge in [-0.2, -0.15) is 5.10 Å². The van der Waals surface area contributed by atoms with Crippen molar-refractivity contribution >= 4 is 16.7 Å². The van der Waals surface area contributed by atoms with E-state index in [1.165, 1.54) is 16.3 Å². The molecule has 4 rings (SSSR count). The van der Waals surface area contributed by atoms with Crippen LogP contribution < -0.4 is 10.6 Å². The Morgan fingerprint density at radius 1 is 1.21 bits per heavy atom. The van der Waals surface area contributed by atoms with E-state index in [9.17, 15) is 0 Å². The van der Waals surface area contributed by atoms with E-state index in [-0.39, 0.29) is 0 Å². The molecule has 1 aromatic heterocycles. The van der Waals surface area contributed by atoms with E-state index >= 15 is 0 Å². The third-order valence-electron chi connectivity index (χ3n) is 5.52. The Morgan fingerprint density at radius 3 is 2.86 bits per heavy atom. The van der Waals surface area contributed by atoms with Crippen LogP contribution in [0.3, 0.4) is 0 Å². The Hall–Kier alpha value is -2.89. The molecule has 2 aromatic carbocycles. The number of fused-ring (bicyclic) bond motifs is 2. The van der Waals surface area contributed by atoms with Crippen LogP contribution in [0.1, 0.15) is 43.4 Å². The fourth-order valence-corrected chi connectivity index (χ4v) is 3.90. The van der Waals surface area contributed by atoms with Crippen LogP contribution in [-0.2, 0) is 19.4 Å². The van der Waals surface area contributed by atoms with Gasteiger partial charge in [-0.05, 0) is 29.2 Å². The summed E-state index contributed by atoms with van der Waals surface area (Å²) < 4.78 is 2.06. The van der Waals surface area contributed by atoms with Gasteiger partial charge >= 0.3 is 0 Å². The SMILES string of the molecule is CN=C(NCCc1cccc2ccccc12)NC1CCc2nc(C(C)C)nn2C1. The minimum absolute atomic E-state index is 0.313. The lowest BCUT2D eigenvalue weighted by molar-refractivity contribution is 0.391. The average Bonchev–Trinajstić information content (AvgIpc) is 3.17. The average molecular weight is 391 g/mol. The van der Waals surface area contributed by atoms with Gasteiger partial charge in [0.05, 0.1) is 6.54 Å². The molecule has 0 radical (unpaired) electrons. The highest BCUT2D eigenvalue weighted by Gasteiger charge is 2.23. The molecule has 1 aliphatic rings. The summed E-state index contributed by atoms with van der Waals surface area (Å²) in [6.07, 6.45) is 2.95. The van der Waals surface area contributed by atoms with Gasteiger partial charge in [-0.25, -0.2) is 9.67 Å². The summed E-state index contributed by atoms with van der Waals surface area (Å²) >= 11 is 0. The maximum atomic E-state index is 4.67. The summed E-state index contributed by atoms with van der Waals surface area (Å²) in [6, 6.07) is 15.4. The van der Waals surface area contributed by atoms with Crippen molar-refractivity contribution in [3.63, 3.8) is 0 Å². The molecule has 152 valence electrons. The molecule has 6 nitrogen and oxygen atoms in total. The second-order valence-electron chi connectivity index (χ2n) is 7.99. The zero-order valence-corrected chi connectivity index (χ0v) is 17.5. The van der Waals surface area contributed by atoms with Gasteiger partial charge in [0, 0.05) is 32.0 Å². The number of hydrogen-bond acceptors (Lipinski definition) is 3. The fraction of sp³-hybridized carbons (Fsp3) is 0.435. The summed E-state index contributed by atoms with van der Waals surface area (Å²) in [5.41, 5.74) is 1.36. The van der Waals surface area contributed by atoms with E-state index in [2.05, 4.69) is 86.7 Å². The quantitative estimate of drug-likeness (QED) is 0.518. The number of aliphatic imine (C=N–C) groups is 1. The van der Waals surface area contributed by atoms with Crippen LogP contribution in [0, 0.1) is 0 Å². The number of aromatic nitrogens is 3. The van der Waals surface area contributed by atoms with Crippen LogP contribution in [0.2, 0.25) is 0 Å². The normalized spacial score (nSPS) is 16.8. The molecule has 0 saturated carbocycles. The van der Waals surface area contributed by atoms with Crippen molar-refractivity contribution in [3.8, 4) is 0 Å². The molecule has 3 aromatic rings. The van der Waals surface area contributed by atoms with Crippen LogP contribution in [0.5, 0.6) is 0 Å². The minimum Gasteiger partial charge on any atom is -0.356 e. The molecular weight excluding hydrogens is 360 g/mol. The molecule has 0 saturated heterocycles. The molecule has 6 heteroatoms. The fourth-order valence-electron chi connectivity index (χ4n) is 3.90. The molecule has 0 aliphatic carbocycles. The van der Waals surface area contributed by atoms with Gasteiger partial charge in [0.1, 0.15) is 5.82 Å². The number of nitrogens with zero attached hydrogens (tertiary/aromatic N) is 4. The number of nitrogens with one attached hydrogen (secondary N) is 2. The van der Waals surface area contributed by atoms with E-state index in [0.717, 1.165) is 50.0 Å². The van der Waals surface area contributed by atoms with Gasteiger partial charge in [-0.15, -0.1) is 0 Å². The smallest absolute Gasteiger partial charge is 0.191 e. The van der Waals surface area contributed by atoms with Crippen molar-refractivity contribution in [2.45, 2.75) is 51.6 Å². The third-order valence-corrected chi connectivity index (χ3v) is 5.52. The van der Waals surface area contributed by atoms with Crippen molar-refractivity contribution in [2.75, 3.05) is 13.6 Å². The van der Waals surface area contributed by atoms with Crippen molar-refractivity contribution < 1.29 is 0 Å². The van der Waals surface area contributed by atoms with Crippen molar-refractivity contribution in [2.24, 2.45) is 4.99 Å². The molecule has 0 amide bonds. The van der Waals surface area contributed by atoms with Crippen molar-refractivity contribution in [1.29, 1.82) is 0 Å². The Labute approximate surface area is 172 Å². The second-order valence-corrected chi connectivity index (χ2v) is 7.99. The monoisotopic (exact) mass is 390 g/mol. The molecule has 2 heterocycles. The topological polar surface area (TPSA) is 67.1 Å². The first-order valence-corrected chi connectivity index (χ1v) is 10.5. The lowest BCUT2D eigenvalue weighted by Gasteiger charge is -2.25. The number of benzene rings is 2. The zero-order valence-electron chi connectivity index (χ0n) is 17.5. The molecule has 0 fully saturated rings. The maximum absolute atomic E-state index is 4.67. The van der Waals surface area contributed by atoms with Gasteiger partial charge in [-0.1, -0.05) is 56.3 Å². The van der Waals surface area contributed by atoms with Crippen molar-refractivity contribution in [3.05, 3.63) is 59.7 Å². The second kappa shape index (κ2) is 8.64. The Balaban J connectivity index is 1.33. The van der Waals surface area contributed by atoms with Crippen LogP contribution >= 0.6 is 0 Å². The number of aryl methyl sites for hydroxylation is 1. The van der Waals surface area contributed by atoms with E-state index in [1.54, 1.807) is 0 Å². The summed E-state index contributed by atoms with van der Waals surface area (Å²) in [5, 5.41) is 14.3. The van der Waals surface area contributed by atoms with E-state index in [1.807, 2.05) is 7.05 Å². The van der Waals surface area contributed by atoms with E-state index in [4.69, 9.17) is 0 Å². The van der Waals surface area contributed by atoms with Gasteiger partial charge in [0.25, 0.3) is 0 Å². The van der Waals surface area contributed by atoms with Gasteiger partial charge in [-0.3, -0.25) is 4.99 Å². The van der Waals surface area contributed by atoms with Crippen LogP contribution in [0.25, 0.3) is 10.8 Å². The minimum atomic E-state index is 0.313. The Bertz CT molecular complexity index is 998. The molecule has 0 bridgehead atoms. The number of hydrogen-bond donors (Lipinski definition) is 2. The first-order valence-electron chi connectivity index (χ1n) is 10.5. The van der Waals surface area contributed by atoms with E-state index < -0.39 is 0 Å². The van der Waals surface area contributed by atoms with Crippen LogP contribution in [-0.4, -0.2) is 40.4 Å². The predicted octanol–water partition coefficient (Wildman–Crippen LogP) is 3.28. The first kappa shape index (κ1) is 19.4. The summed E-state index contributed by atoms with van der Waals surface area (Å²) in [4.78, 5) is 9.08. The number of rotatable bonds is 5.